The third-order valence-corrected chi connectivity index (χ3v) is 2.02. The number of aromatic amines is 1. The summed E-state index contributed by atoms with van der Waals surface area (Å²) in [5.74, 6) is 0.455. The Kier molecular flexibility index (Phi) is 2.28. The monoisotopic (exact) mass is 220 g/mol. The van der Waals surface area contributed by atoms with Crippen molar-refractivity contribution in [2.75, 3.05) is 0 Å². The van der Waals surface area contributed by atoms with Crippen LogP contribution < -0.4 is 5.69 Å². The van der Waals surface area contributed by atoms with Crippen molar-refractivity contribution in [2.45, 2.75) is 6.92 Å². The normalized spacial score (nSPS) is 10.3. The number of nitro benzene ring substituents is 1. The van der Waals surface area contributed by atoms with Crippen molar-refractivity contribution in [1.82, 2.24) is 14.8 Å². The number of hydrogen-bond acceptors (Lipinski definition) is 4. The van der Waals surface area contributed by atoms with Gasteiger partial charge in [-0.2, -0.15) is 9.78 Å². The zero-order chi connectivity index (χ0) is 11.7. The Morgan fingerprint density at radius 1 is 1.50 bits per heavy atom. The Balaban J connectivity index is 2.56. The van der Waals surface area contributed by atoms with Gasteiger partial charge in [0.1, 0.15) is 5.82 Å². The van der Waals surface area contributed by atoms with Crippen LogP contribution in [0.3, 0.4) is 0 Å². The Morgan fingerprint density at radius 3 is 2.81 bits per heavy atom. The van der Waals surface area contributed by atoms with E-state index in [9.17, 15) is 14.9 Å². The second-order valence-electron chi connectivity index (χ2n) is 3.20. The maximum absolute atomic E-state index is 11.4. The van der Waals surface area contributed by atoms with Crippen molar-refractivity contribution in [3.05, 3.63) is 50.7 Å². The van der Waals surface area contributed by atoms with Crippen molar-refractivity contribution in [2.24, 2.45) is 0 Å². The van der Waals surface area contributed by atoms with Gasteiger partial charge in [0, 0.05) is 12.1 Å². The summed E-state index contributed by atoms with van der Waals surface area (Å²) < 4.78 is 1.09. The minimum Gasteiger partial charge on any atom is -0.293 e. The molecule has 0 atom stereocenters. The minimum atomic E-state index is -0.520. The van der Waals surface area contributed by atoms with Crippen LogP contribution >= 0.6 is 0 Å². The van der Waals surface area contributed by atoms with Crippen molar-refractivity contribution in [3.8, 4) is 5.69 Å². The van der Waals surface area contributed by atoms with Crippen LogP contribution in [-0.2, 0) is 0 Å². The summed E-state index contributed by atoms with van der Waals surface area (Å²) in [4.78, 5) is 23.9. The molecule has 82 valence electrons. The SMILES string of the molecule is Cc1nn(-c2cccc([N+](=O)[O-])c2)c(=O)[nH]1. The second-order valence-corrected chi connectivity index (χ2v) is 3.20. The summed E-state index contributed by atoms with van der Waals surface area (Å²) in [6, 6.07) is 5.73. The van der Waals surface area contributed by atoms with Crippen LogP contribution in [-0.4, -0.2) is 19.7 Å². The molecule has 0 unspecified atom stereocenters. The van der Waals surface area contributed by atoms with Gasteiger partial charge < -0.3 is 0 Å². The molecule has 7 nitrogen and oxygen atoms in total. The van der Waals surface area contributed by atoms with E-state index in [0.717, 1.165) is 4.68 Å². The van der Waals surface area contributed by atoms with Crippen molar-refractivity contribution in [3.63, 3.8) is 0 Å². The number of hydrogen-bond donors (Lipinski definition) is 1. The van der Waals surface area contributed by atoms with E-state index in [1.807, 2.05) is 0 Å². The highest BCUT2D eigenvalue weighted by Crippen LogP contribution is 2.14. The van der Waals surface area contributed by atoms with E-state index in [-0.39, 0.29) is 5.69 Å². The molecular weight excluding hydrogens is 212 g/mol. The summed E-state index contributed by atoms with van der Waals surface area (Å²) in [6.07, 6.45) is 0. The van der Waals surface area contributed by atoms with Crippen LogP contribution in [0.1, 0.15) is 5.82 Å². The van der Waals surface area contributed by atoms with Crippen molar-refractivity contribution in [1.29, 1.82) is 0 Å². The molecule has 0 aliphatic carbocycles. The lowest BCUT2D eigenvalue weighted by Gasteiger charge is -1.98. The number of H-pyrrole nitrogens is 1. The quantitative estimate of drug-likeness (QED) is 0.597. The molecule has 0 bridgehead atoms. The number of nitrogens with one attached hydrogen (secondary N) is 1. The summed E-state index contributed by atoms with van der Waals surface area (Å²) in [5.41, 5.74) is -0.133. The first kappa shape index (κ1) is 10.1. The van der Waals surface area contributed by atoms with E-state index >= 15 is 0 Å². The van der Waals surface area contributed by atoms with Crippen LogP contribution in [0, 0.1) is 17.0 Å². The predicted octanol–water partition coefficient (Wildman–Crippen LogP) is 0.777. The van der Waals surface area contributed by atoms with Crippen molar-refractivity contribution < 1.29 is 4.92 Å². The third-order valence-electron chi connectivity index (χ3n) is 2.02. The van der Waals surface area contributed by atoms with E-state index in [0.29, 0.717) is 11.5 Å². The summed E-state index contributed by atoms with van der Waals surface area (Å²) in [5, 5.41) is 14.5. The molecule has 0 aliphatic heterocycles. The summed E-state index contributed by atoms with van der Waals surface area (Å²) in [6.45, 7) is 1.63. The van der Waals surface area contributed by atoms with E-state index < -0.39 is 10.6 Å². The maximum Gasteiger partial charge on any atom is 0.348 e. The molecule has 0 fully saturated rings. The lowest BCUT2D eigenvalue weighted by Crippen LogP contribution is -2.15. The predicted molar refractivity (Wildman–Crippen MR) is 55.6 cm³/mol. The van der Waals surface area contributed by atoms with Gasteiger partial charge in [0.15, 0.2) is 0 Å². The van der Waals surface area contributed by atoms with E-state index in [2.05, 4.69) is 10.1 Å². The molecule has 0 radical (unpaired) electrons. The van der Waals surface area contributed by atoms with Crippen LogP contribution in [0.15, 0.2) is 29.1 Å². The summed E-state index contributed by atoms with van der Waals surface area (Å²) in [7, 11) is 0. The molecule has 7 heteroatoms. The second kappa shape index (κ2) is 3.61. The molecule has 2 aromatic rings. The molecule has 1 heterocycles. The smallest absolute Gasteiger partial charge is 0.293 e. The lowest BCUT2D eigenvalue weighted by atomic mass is 10.3. The Hall–Kier alpha value is -2.44. The first-order valence-corrected chi connectivity index (χ1v) is 4.49. The summed E-state index contributed by atoms with van der Waals surface area (Å²) >= 11 is 0. The van der Waals surface area contributed by atoms with Gasteiger partial charge in [-0.15, -0.1) is 0 Å². The van der Waals surface area contributed by atoms with Gasteiger partial charge in [-0.3, -0.25) is 15.1 Å². The minimum absolute atomic E-state index is 0.0787. The molecule has 0 amide bonds. The standard InChI is InChI=1S/C9H8N4O3/c1-6-10-9(14)12(11-6)7-3-2-4-8(5-7)13(15)16/h2-5H,1H3,(H,10,11,14). The number of rotatable bonds is 2. The highest BCUT2D eigenvalue weighted by atomic mass is 16.6. The largest absolute Gasteiger partial charge is 0.348 e. The molecule has 0 saturated heterocycles. The highest BCUT2D eigenvalue weighted by molar-refractivity contribution is 5.42. The molecule has 2 rings (SSSR count). The fraction of sp³-hybridized carbons (Fsp3) is 0.111. The number of benzene rings is 1. The molecule has 1 N–H and O–H groups in total. The van der Waals surface area contributed by atoms with Gasteiger partial charge in [-0.05, 0) is 13.0 Å². The van der Waals surface area contributed by atoms with Crippen LogP contribution in [0.4, 0.5) is 5.69 Å². The van der Waals surface area contributed by atoms with Gasteiger partial charge >= 0.3 is 5.69 Å². The van der Waals surface area contributed by atoms with Gasteiger partial charge in [-0.1, -0.05) is 6.07 Å². The van der Waals surface area contributed by atoms with E-state index in [1.165, 1.54) is 18.2 Å². The van der Waals surface area contributed by atoms with Gasteiger partial charge in [0.2, 0.25) is 0 Å². The molecular formula is C9H8N4O3. The molecule has 0 saturated carbocycles. The maximum atomic E-state index is 11.4. The molecule has 1 aromatic heterocycles. The molecule has 1 aromatic carbocycles. The number of aryl methyl sites for hydroxylation is 1. The number of nitro groups is 1. The zero-order valence-corrected chi connectivity index (χ0v) is 8.38. The average Bonchev–Trinajstić information content (AvgIpc) is 2.58. The molecule has 0 aliphatic rings. The van der Waals surface area contributed by atoms with Crippen LogP contribution in [0.5, 0.6) is 0 Å². The Bertz CT molecular complexity index is 599. The highest BCUT2D eigenvalue weighted by Gasteiger charge is 2.09. The number of nitrogens with zero attached hydrogens (tertiary/aromatic N) is 3. The van der Waals surface area contributed by atoms with Crippen LogP contribution in [0.2, 0.25) is 0 Å². The van der Waals surface area contributed by atoms with Crippen molar-refractivity contribution >= 4 is 5.69 Å². The van der Waals surface area contributed by atoms with Gasteiger partial charge in [0.25, 0.3) is 5.69 Å². The van der Waals surface area contributed by atoms with Gasteiger partial charge in [0.05, 0.1) is 10.6 Å². The number of non-ortho nitro benzene ring substituents is 1. The third kappa shape index (κ3) is 1.70. The van der Waals surface area contributed by atoms with Crippen LogP contribution in [0.25, 0.3) is 5.69 Å². The fourth-order valence-corrected chi connectivity index (χ4v) is 1.34. The van der Waals surface area contributed by atoms with E-state index in [1.54, 1.807) is 13.0 Å². The Labute approximate surface area is 89.5 Å². The molecule has 0 spiro atoms. The number of aromatic nitrogens is 3. The lowest BCUT2D eigenvalue weighted by molar-refractivity contribution is -0.384. The van der Waals surface area contributed by atoms with Gasteiger partial charge in [-0.25, -0.2) is 4.79 Å². The Morgan fingerprint density at radius 2 is 2.25 bits per heavy atom. The first-order chi connectivity index (χ1) is 7.58. The zero-order valence-electron chi connectivity index (χ0n) is 8.38. The van der Waals surface area contributed by atoms with E-state index in [4.69, 9.17) is 0 Å². The first-order valence-electron chi connectivity index (χ1n) is 4.49. The topological polar surface area (TPSA) is 93.8 Å². The molecule has 16 heavy (non-hydrogen) atoms. The fourth-order valence-electron chi connectivity index (χ4n) is 1.34. The average molecular weight is 220 g/mol.